The molecule has 6 heteroatoms. The molecule has 0 spiro atoms. The van der Waals surface area contributed by atoms with Crippen LogP contribution in [0.25, 0.3) is 16.7 Å². The first kappa shape index (κ1) is 14.7. The van der Waals surface area contributed by atoms with Crippen molar-refractivity contribution >= 4 is 22.5 Å². The van der Waals surface area contributed by atoms with Gasteiger partial charge in [0.15, 0.2) is 5.82 Å². The van der Waals surface area contributed by atoms with Crippen LogP contribution in [0.5, 0.6) is 0 Å². The van der Waals surface area contributed by atoms with Gasteiger partial charge in [0.1, 0.15) is 5.82 Å². The van der Waals surface area contributed by atoms with Gasteiger partial charge in [0.2, 0.25) is 5.65 Å². The second-order valence-electron chi connectivity index (χ2n) is 5.71. The van der Waals surface area contributed by atoms with E-state index >= 15 is 0 Å². The van der Waals surface area contributed by atoms with Gasteiger partial charge in [-0.15, -0.1) is 10.2 Å². The van der Waals surface area contributed by atoms with Crippen molar-refractivity contribution in [2.24, 2.45) is 5.73 Å². The second-order valence-corrected chi connectivity index (χ2v) is 5.71. The van der Waals surface area contributed by atoms with Crippen molar-refractivity contribution in [2.45, 2.75) is 33.6 Å². The average Bonchev–Trinajstić information content (AvgIpc) is 2.88. The van der Waals surface area contributed by atoms with Crippen molar-refractivity contribution in [3.8, 4) is 0 Å². The number of nitrogens with one attached hydrogen (secondary N) is 1. The molecule has 0 saturated carbocycles. The van der Waals surface area contributed by atoms with Crippen LogP contribution in [0, 0.1) is 20.8 Å². The molecule has 0 radical (unpaired) electrons. The highest BCUT2D eigenvalue weighted by molar-refractivity contribution is 5.84. The molecule has 1 aromatic carbocycles. The molecule has 0 saturated heterocycles. The molecule has 0 bridgehead atoms. The van der Waals surface area contributed by atoms with Gasteiger partial charge in [-0.1, -0.05) is 0 Å². The highest BCUT2D eigenvalue weighted by atomic mass is 15.3. The van der Waals surface area contributed by atoms with Crippen molar-refractivity contribution in [2.75, 3.05) is 18.4 Å². The van der Waals surface area contributed by atoms with Gasteiger partial charge in [-0.2, -0.15) is 0 Å². The summed E-state index contributed by atoms with van der Waals surface area (Å²) < 4.78 is 2.07. The second kappa shape index (κ2) is 5.88. The van der Waals surface area contributed by atoms with Crippen LogP contribution in [0.15, 0.2) is 12.1 Å². The third-order valence-corrected chi connectivity index (χ3v) is 4.02. The van der Waals surface area contributed by atoms with Crippen LogP contribution >= 0.6 is 0 Å². The molecule has 116 valence electrons. The van der Waals surface area contributed by atoms with E-state index in [4.69, 9.17) is 10.7 Å². The first-order valence-electron chi connectivity index (χ1n) is 7.68. The summed E-state index contributed by atoms with van der Waals surface area (Å²) in [7, 11) is 0. The first-order valence-corrected chi connectivity index (χ1v) is 7.68. The van der Waals surface area contributed by atoms with Crippen LogP contribution in [0.2, 0.25) is 0 Å². The van der Waals surface area contributed by atoms with Crippen LogP contribution in [0.3, 0.4) is 0 Å². The summed E-state index contributed by atoms with van der Waals surface area (Å²) in [6.07, 6.45) is 2.02. The Kier molecular flexibility index (Phi) is 3.94. The summed E-state index contributed by atoms with van der Waals surface area (Å²) in [5, 5.41) is 11.9. The van der Waals surface area contributed by atoms with Crippen LogP contribution in [0.1, 0.15) is 29.8 Å². The quantitative estimate of drug-likeness (QED) is 0.707. The van der Waals surface area contributed by atoms with Gasteiger partial charge in [0.05, 0.1) is 11.0 Å². The summed E-state index contributed by atoms with van der Waals surface area (Å²) in [5.74, 6) is 1.66. The van der Waals surface area contributed by atoms with E-state index in [0.717, 1.165) is 47.7 Å². The zero-order valence-corrected chi connectivity index (χ0v) is 13.3. The number of hydrogen-bond donors (Lipinski definition) is 2. The number of fused-ring (bicyclic) bond motifs is 3. The Hall–Kier alpha value is -2.21. The number of anilines is 1. The summed E-state index contributed by atoms with van der Waals surface area (Å²) in [6.45, 7) is 7.73. The normalized spacial score (nSPS) is 11.5. The number of unbranched alkanes of at least 4 members (excludes halogenated alkanes) is 1. The number of aromatic nitrogens is 4. The molecule has 6 nitrogen and oxygen atoms in total. The predicted octanol–water partition coefficient (Wildman–Crippen LogP) is 2.35. The van der Waals surface area contributed by atoms with E-state index in [-0.39, 0.29) is 0 Å². The lowest BCUT2D eigenvalue weighted by Crippen LogP contribution is -2.09. The minimum Gasteiger partial charge on any atom is -0.367 e. The Bertz CT molecular complexity index is 820. The molecule has 0 aliphatic heterocycles. The zero-order valence-electron chi connectivity index (χ0n) is 13.3. The van der Waals surface area contributed by atoms with Crippen molar-refractivity contribution < 1.29 is 0 Å². The van der Waals surface area contributed by atoms with E-state index in [1.54, 1.807) is 0 Å². The van der Waals surface area contributed by atoms with Gasteiger partial charge >= 0.3 is 0 Å². The molecule has 2 aromatic heterocycles. The molecule has 3 N–H and O–H groups in total. The first-order chi connectivity index (χ1) is 10.6. The van der Waals surface area contributed by atoms with E-state index in [1.165, 1.54) is 11.1 Å². The monoisotopic (exact) mass is 298 g/mol. The SMILES string of the molecule is Cc1cc2nc(NCCCCN)c3nnc(C)n3c2cc1C. The number of nitrogens with two attached hydrogens (primary N) is 1. The Morgan fingerprint density at radius 1 is 1.09 bits per heavy atom. The van der Waals surface area contributed by atoms with Gasteiger partial charge in [-0.3, -0.25) is 4.40 Å². The van der Waals surface area contributed by atoms with Gasteiger partial charge in [-0.25, -0.2) is 4.98 Å². The molecular formula is C16H22N6. The molecule has 0 aliphatic carbocycles. The van der Waals surface area contributed by atoms with Crippen molar-refractivity contribution in [1.29, 1.82) is 0 Å². The van der Waals surface area contributed by atoms with Crippen LogP contribution in [-0.2, 0) is 0 Å². The molecule has 0 fully saturated rings. The maximum atomic E-state index is 5.54. The number of nitrogens with zero attached hydrogens (tertiary/aromatic N) is 4. The Morgan fingerprint density at radius 3 is 2.64 bits per heavy atom. The molecule has 2 heterocycles. The van der Waals surface area contributed by atoms with Crippen LogP contribution in [0.4, 0.5) is 5.82 Å². The minimum atomic E-state index is 0.713. The van der Waals surface area contributed by atoms with E-state index < -0.39 is 0 Å². The van der Waals surface area contributed by atoms with Gasteiger partial charge in [0.25, 0.3) is 0 Å². The van der Waals surface area contributed by atoms with Gasteiger partial charge in [0, 0.05) is 6.54 Å². The summed E-state index contributed by atoms with van der Waals surface area (Å²) in [4.78, 5) is 4.75. The summed E-state index contributed by atoms with van der Waals surface area (Å²) in [6, 6.07) is 4.27. The van der Waals surface area contributed by atoms with Crippen LogP contribution in [-0.4, -0.2) is 32.7 Å². The lowest BCUT2D eigenvalue weighted by molar-refractivity contribution is 0.772. The lowest BCUT2D eigenvalue weighted by atomic mass is 10.1. The van der Waals surface area contributed by atoms with E-state index in [2.05, 4.69) is 45.9 Å². The summed E-state index contributed by atoms with van der Waals surface area (Å²) >= 11 is 0. The summed E-state index contributed by atoms with van der Waals surface area (Å²) in [5.41, 5.74) is 10.8. The standard InChI is InChI=1S/C16H22N6/c1-10-8-13-14(9-11(10)2)22-12(3)20-21-16(22)15(19-13)18-7-5-4-6-17/h8-9H,4-7,17H2,1-3H3,(H,18,19). The minimum absolute atomic E-state index is 0.713. The lowest BCUT2D eigenvalue weighted by Gasteiger charge is -2.11. The van der Waals surface area contributed by atoms with Gasteiger partial charge in [-0.05, 0) is 63.4 Å². The fourth-order valence-electron chi connectivity index (χ4n) is 2.62. The van der Waals surface area contributed by atoms with E-state index in [0.29, 0.717) is 6.54 Å². The topological polar surface area (TPSA) is 81.1 Å². The smallest absolute Gasteiger partial charge is 0.204 e. The van der Waals surface area contributed by atoms with Crippen molar-refractivity contribution in [3.63, 3.8) is 0 Å². The number of benzene rings is 1. The molecule has 0 amide bonds. The Labute approximate surface area is 129 Å². The third kappa shape index (κ3) is 2.50. The molecular weight excluding hydrogens is 276 g/mol. The van der Waals surface area contributed by atoms with E-state index in [1.807, 2.05) is 6.92 Å². The number of rotatable bonds is 5. The zero-order chi connectivity index (χ0) is 15.7. The fraction of sp³-hybridized carbons (Fsp3) is 0.438. The molecule has 0 atom stereocenters. The average molecular weight is 298 g/mol. The third-order valence-electron chi connectivity index (χ3n) is 4.02. The van der Waals surface area contributed by atoms with Crippen molar-refractivity contribution in [3.05, 3.63) is 29.1 Å². The highest BCUT2D eigenvalue weighted by Gasteiger charge is 2.13. The number of hydrogen-bond acceptors (Lipinski definition) is 5. The predicted molar refractivity (Wildman–Crippen MR) is 89.3 cm³/mol. The molecule has 3 rings (SSSR count). The largest absolute Gasteiger partial charge is 0.367 e. The Morgan fingerprint density at radius 2 is 1.86 bits per heavy atom. The van der Waals surface area contributed by atoms with Crippen LogP contribution < -0.4 is 11.1 Å². The highest BCUT2D eigenvalue weighted by Crippen LogP contribution is 2.24. The Balaban J connectivity index is 2.13. The molecule has 3 aromatic rings. The maximum absolute atomic E-state index is 5.54. The maximum Gasteiger partial charge on any atom is 0.204 e. The van der Waals surface area contributed by atoms with Gasteiger partial charge < -0.3 is 11.1 Å². The van der Waals surface area contributed by atoms with E-state index in [9.17, 15) is 0 Å². The molecule has 22 heavy (non-hydrogen) atoms. The molecule has 0 aliphatic rings. The fourth-order valence-corrected chi connectivity index (χ4v) is 2.62. The number of aryl methyl sites for hydroxylation is 3. The molecule has 0 unspecified atom stereocenters. The van der Waals surface area contributed by atoms with Crippen molar-refractivity contribution in [1.82, 2.24) is 19.6 Å².